The first-order chi connectivity index (χ1) is 7.52. The van der Waals surface area contributed by atoms with Gasteiger partial charge >= 0.3 is 11.4 Å². The summed E-state index contributed by atoms with van der Waals surface area (Å²) in [6.45, 7) is 0. The first-order valence-electron chi connectivity index (χ1n) is 4.69. The van der Waals surface area contributed by atoms with E-state index in [1.54, 1.807) is 0 Å². The molecule has 0 bridgehead atoms. The number of phenols is 1. The Kier molecular flexibility index (Phi) is 2.22. The second-order valence-electron chi connectivity index (χ2n) is 3.60. The Morgan fingerprint density at radius 1 is 1.19 bits per heavy atom. The number of nitro groups is 2. The van der Waals surface area contributed by atoms with Crippen molar-refractivity contribution >= 4 is 11.4 Å². The van der Waals surface area contributed by atoms with Crippen molar-refractivity contribution in [1.29, 1.82) is 0 Å². The molecule has 0 spiro atoms. The molecule has 16 heavy (non-hydrogen) atoms. The summed E-state index contributed by atoms with van der Waals surface area (Å²) < 4.78 is 0. The molecule has 1 aromatic rings. The van der Waals surface area contributed by atoms with Crippen molar-refractivity contribution < 1.29 is 15.0 Å². The van der Waals surface area contributed by atoms with E-state index in [4.69, 9.17) is 0 Å². The molecule has 0 saturated carbocycles. The molecular weight excluding hydrogens is 216 g/mol. The quantitative estimate of drug-likeness (QED) is 0.607. The summed E-state index contributed by atoms with van der Waals surface area (Å²) in [6.07, 6.45) is 1.78. The molecule has 0 heterocycles. The smallest absolute Gasteiger partial charge is 0.321 e. The van der Waals surface area contributed by atoms with Crippen LogP contribution in [0.25, 0.3) is 0 Å². The standard InChI is InChI=1S/C9H8N2O5/c12-9-7(10(13)14)4-5-2-1-3-6(5)8(9)11(15)16/h4,12H,1-3H2. The summed E-state index contributed by atoms with van der Waals surface area (Å²) >= 11 is 0. The van der Waals surface area contributed by atoms with Crippen LogP contribution in [-0.2, 0) is 12.8 Å². The molecule has 0 saturated heterocycles. The zero-order chi connectivity index (χ0) is 11.9. The lowest BCUT2D eigenvalue weighted by Crippen LogP contribution is -1.99. The maximum absolute atomic E-state index is 10.8. The Morgan fingerprint density at radius 2 is 1.88 bits per heavy atom. The van der Waals surface area contributed by atoms with Crippen LogP contribution in [0.15, 0.2) is 6.07 Å². The van der Waals surface area contributed by atoms with Gasteiger partial charge in [0, 0.05) is 11.6 Å². The number of rotatable bonds is 2. The van der Waals surface area contributed by atoms with E-state index in [-0.39, 0.29) is 0 Å². The predicted octanol–water partition coefficient (Wildman–Crippen LogP) is 1.70. The van der Waals surface area contributed by atoms with Crippen LogP contribution in [0, 0.1) is 20.2 Å². The van der Waals surface area contributed by atoms with Gasteiger partial charge in [-0.25, -0.2) is 0 Å². The van der Waals surface area contributed by atoms with Crippen molar-refractivity contribution in [1.82, 2.24) is 0 Å². The highest BCUT2D eigenvalue weighted by molar-refractivity contribution is 5.66. The van der Waals surface area contributed by atoms with E-state index in [9.17, 15) is 25.3 Å². The van der Waals surface area contributed by atoms with E-state index in [2.05, 4.69) is 0 Å². The maximum atomic E-state index is 10.8. The molecule has 0 unspecified atom stereocenters. The molecule has 0 fully saturated rings. The van der Waals surface area contributed by atoms with E-state index >= 15 is 0 Å². The van der Waals surface area contributed by atoms with Crippen LogP contribution >= 0.6 is 0 Å². The third-order valence-electron chi connectivity index (χ3n) is 2.70. The summed E-state index contributed by atoms with van der Waals surface area (Å²) in [7, 11) is 0. The molecule has 1 aliphatic carbocycles. The molecule has 1 aliphatic rings. The Balaban J connectivity index is 2.75. The molecule has 0 aliphatic heterocycles. The number of nitrogens with zero attached hydrogens (tertiary/aromatic N) is 2. The Bertz CT molecular complexity index is 497. The monoisotopic (exact) mass is 224 g/mol. The van der Waals surface area contributed by atoms with Gasteiger partial charge in [0.15, 0.2) is 0 Å². The van der Waals surface area contributed by atoms with Gasteiger partial charge in [-0.05, 0) is 24.8 Å². The van der Waals surface area contributed by atoms with Gasteiger partial charge in [0.05, 0.1) is 9.85 Å². The lowest BCUT2D eigenvalue weighted by Gasteiger charge is -2.03. The van der Waals surface area contributed by atoms with E-state index < -0.39 is 27.0 Å². The molecule has 0 aromatic heterocycles. The van der Waals surface area contributed by atoms with Gasteiger partial charge in [-0.3, -0.25) is 20.2 Å². The van der Waals surface area contributed by atoms with Crippen molar-refractivity contribution in [3.8, 4) is 5.75 Å². The zero-order valence-corrected chi connectivity index (χ0v) is 8.17. The molecule has 7 heteroatoms. The number of hydrogen-bond donors (Lipinski definition) is 1. The van der Waals surface area contributed by atoms with E-state index in [1.165, 1.54) is 6.07 Å². The van der Waals surface area contributed by atoms with Gasteiger partial charge in [0.2, 0.25) is 0 Å². The first-order valence-corrected chi connectivity index (χ1v) is 4.69. The normalized spacial score (nSPS) is 13.5. The third-order valence-corrected chi connectivity index (χ3v) is 2.70. The van der Waals surface area contributed by atoms with E-state index in [1.807, 2.05) is 0 Å². The number of fused-ring (bicyclic) bond motifs is 1. The zero-order valence-electron chi connectivity index (χ0n) is 8.17. The lowest BCUT2D eigenvalue weighted by molar-refractivity contribution is -0.396. The fraction of sp³-hybridized carbons (Fsp3) is 0.333. The van der Waals surface area contributed by atoms with Crippen LogP contribution in [0.4, 0.5) is 11.4 Å². The fourth-order valence-corrected chi connectivity index (χ4v) is 2.03. The summed E-state index contributed by atoms with van der Waals surface area (Å²) in [6, 6.07) is 1.23. The molecule has 0 atom stereocenters. The highest BCUT2D eigenvalue weighted by Gasteiger charge is 2.33. The molecule has 1 aromatic carbocycles. The molecule has 7 nitrogen and oxygen atoms in total. The highest BCUT2D eigenvalue weighted by Crippen LogP contribution is 2.43. The minimum atomic E-state index is -0.837. The SMILES string of the molecule is O=[N+]([O-])c1cc2c(c([N+](=O)[O-])c1O)CCC2. The van der Waals surface area contributed by atoms with Crippen LogP contribution in [0.2, 0.25) is 0 Å². The van der Waals surface area contributed by atoms with Gasteiger partial charge < -0.3 is 5.11 Å². The Hall–Kier alpha value is -2.18. The van der Waals surface area contributed by atoms with Crippen LogP contribution in [-0.4, -0.2) is 15.0 Å². The van der Waals surface area contributed by atoms with Gasteiger partial charge in [0.25, 0.3) is 5.75 Å². The Labute approximate surface area is 89.6 Å². The number of aryl methyl sites for hydroxylation is 1. The molecule has 2 rings (SSSR count). The molecule has 0 amide bonds. The van der Waals surface area contributed by atoms with Crippen molar-refractivity contribution in [2.75, 3.05) is 0 Å². The number of benzene rings is 1. The minimum absolute atomic E-state index is 0.424. The molecule has 1 N–H and O–H groups in total. The molecule has 0 radical (unpaired) electrons. The summed E-state index contributed by atoms with van der Waals surface area (Å²) in [4.78, 5) is 19.8. The number of aromatic hydroxyl groups is 1. The second-order valence-corrected chi connectivity index (χ2v) is 3.60. The second kappa shape index (κ2) is 3.44. The highest BCUT2D eigenvalue weighted by atomic mass is 16.6. The third kappa shape index (κ3) is 1.37. The number of nitro benzene ring substituents is 2. The van der Waals surface area contributed by atoms with Crippen molar-refractivity contribution in [2.24, 2.45) is 0 Å². The van der Waals surface area contributed by atoms with Gasteiger partial charge in [-0.1, -0.05) is 0 Å². The van der Waals surface area contributed by atoms with Crippen molar-refractivity contribution in [3.63, 3.8) is 0 Å². The van der Waals surface area contributed by atoms with Gasteiger partial charge in [-0.2, -0.15) is 0 Å². The summed E-state index contributed by atoms with van der Waals surface area (Å²) in [5.74, 6) is -0.837. The van der Waals surface area contributed by atoms with Crippen LogP contribution in [0.3, 0.4) is 0 Å². The van der Waals surface area contributed by atoms with Crippen LogP contribution < -0.4 is 0 Å². The molecular formula is C9H8N2O5. The summed E-state index contributed by atoms with van der Waals surface area (Å²) in [5, 5.41) is 30.9. The van der Waals surface area contributed by atoms with Gasteiger partial charge in [-0.15, -0.1) is 0 Å². The van der Waals surface area contributed by atoms with Crippen molar-refractivity contribution in [3.05, 3.63) is 37.4 Å². The average Bonchev–Trinajstić information content (AvgIpc) is 2.62. The van der Waals surface area contributed by atoms with Crippen molar-refractivity contribution in [2.45, 2.75) is 19.3 Å². The van der Waals surface area contributed by atoms with Crippen LogP contribution in [0.1, 0.15) is 17.5 Å². The van der Waals surface area contributed by atoms with E-state index in [0.29, 0.717) is 24.0 Å². The maximum Gasteiger partial charge on any atom is 0.321 e. The predicted molar refractivity (Wildman–Crippen MR) is 53.4 cm³/mol. The first kappa shape index (κ1) is 10.3. The largest absolute Gasteiger partial charge is 0.497 e. The van der Waals surface area contributed by atoms with Gasteiger partial charge in [0.1, 0.15) is 0 Å². The van der Waals surface area contributed by atoms with E-state index in [0.717, 1.165) is 6.42 Å². The lowest BCUT2D eigenvalue weighted by atomic mass is 10.1. The van der Waals surface area contributed by atoms with Crippen LogP contribution in [0.5, 0.6) is 5.75 Å². The molecule has 84 valence electrons. The average molecular weight is 224 g/mol. The number of phenolic OH excluding ortho intramolecular Hbond substituents is 1. The fourth-order valence-electron chi connectivity index (χ4n) is 2.03. The topological polar surface area (TPSA) is 107 Å². The Morgan fingerprint density at radius 3 is 2.44 bits per heavy atom. The number of hydrogen-bond acceptors (Lipinski definition) is 5. The minimum Gasteiger partial charge on any atom is -0.497 e. The summed E-state index contributed by atoms with van der Waals surface area (Å²) in [5.41, 5.74) is -0.0849.